The second kappa shape index (κ2) is 8.19. The summed E-state index contributed by atoms with van der Waals surface area (Å²) in [6, 6.07) is 14.6. The van der Waals surface area contributed by atoms with Gasteiger partial charge in [-0.1, -0.05) is 0 Å². The van der Waals surface area contributed by atoms with Gasteiger partial charge in [-0.3, -0.25) is 14.9 Å². The normalized spacial score (nSPS) is 11.0. The van der Waals surface area contributed by atoms with Gasteiger partial charge in [-0.15, -0.1) is 0 Å². The van der Waals surface area contributed by atoms with Gasteiger partial charge in [0, 0.05) is 29.5 Å². The van der Waals surface area contributed by atoms with Crippen molar-refractivity contribution in [2.24, 2.45) is 0 Å². The second-order valence-electron chi connectivity index (χ2n) is 6.09. The average molecular weight is 391 g/mol. The number of amides is 1. The van der Waals surface area contributed by atoms with E-state index in [2.05, 4.69) is 5.32 Å². The number of carbonyl (C=O) groups excluding carboxylic acids is 1. The minimum absolute atomic E-state index is 0.0258. The van der Waals surface area contributed by atoms with E-state index >= 15 is 0 Å². The molecule has 0 aliphatic rings. The summed E-state index contributed by atoms with van der Waals surface area (Å²) < 4.78 is 18.6. The molecule has 7 nitrogen and oxygen atoms in total. The first-order valence-corrected chi connectivity index (χ1v) is 8.41. The molecule has 3 aromatic rings. The number of nitrogens with zero attached hydrogens (tertiary/aromatic N) is 2. The first kappa shape index (κ1) is 19.5. The Morgan fingerprint density at radius 1 is 1.21 bits per heavy atom. The van der Waals surface area contributed by atoms with Gasteiger partial charge in [-0.2, -0.15) is 5.26 Å². The second-order valence-corrected chi connectivity index (χ2v) is 6.09. The molecule has 29 heavy (non-hydrogen) atoms. The molecule has 0 bridgehead atoms. The van der Waals surface area contributed by atoms with E-state index in [4.69, 9.17) is 4.42 Å². The van der Waals surface area contributed by atoms with E-state index in [1.807, 2.05) is 0 Å². The number of nitriles is 1. The van der Waals surface area contributed by atoms with Crippen LogP contribution in [-0.4, -0.2) is 10.8 Å². The van der Waals surface area contributed by atoms with Gasteiger partial charge in [0.15, 0.2) is 0 Å². The van der Waals surface area contributed by atoms with Crippen molar-refractivity contribution >= 4 is 23.4 Å². The first-order chi connectivity index (χ1) is 13.9. The van der Waals surface area contributed by atoms with Crippen LogP contribution in [-0.2, 0) is 4.79 Å². The molecule has 0 fully saturated rings. The van der Waals surface area contributed by atoms with E-state index in [0.29, 0.717) is 22.6 Å². The van der Waals surface area contributed by atoms with Crippen LogP contribution >= 0.6 is 0 Å². The van der Waals surface area contributed by atoms with Crippen LogP contribution in [0.3, 0.4) is 0 Å². The van der Waals surface area contributed by atoms with Crippen LogP contribution in [0.2, 0.25) is 0 Å². The summed E-state index contributed by atoms with van der Waals surface area (Å²) in [4.78, 5) is 22.6. The number of halogens is 1. The average Bonchev–Trinajstić information content (AvgIpc) is 3.16. The van der Waals surface area contributed by atoms with Crippen molar-refractivity contribution in [2.75, 3.05) is 5.32 Å². The number of aryl methyl sites for hydroxylation is 1. The Labute approximate surface area is 164 Å². The van der Waals surface area contributed by atoms with Crippen LogP contribution in [0.4, 0.5) is 15.8 Å². The number of nitro benzene ring substituents is 1. The number of hydrogen-bond acceptors (Lipinski definition) is 5. The van der Waals surface area contributed by atoms with Crippen molar-refractivity contribution in [3.05, 3.63) is 87.4 Å². The van der Waals surface area contributed by atoms with Crippen molar-refractivity contribution < 1.29 is 18.5 Å². The van der Waals surface area contributed by atoms with Crippen LogP contribution in [0.25, 0.3) is 17.4 Å². The Kier molecular flexibility index (Phi) is 5.51. The Bertz CT molecular complexity index is 1160. The molecule has 0 radical (unpaired) electrons. The fourth-order valence-electron chi connectivity index (χ4n) is 2.64. The summed E-state index contributed by atoms with van der Waals surface area (Å²) in [6.45, 7) is 1.72. The largest absolute Gasteiger partial charge is 0.457 e. The van der Waals surface area contributed by atoms with Crippen LogP contribution < -0.4 is 5.32 Å². The van der Waals surface area contributed by atoms with Gasteiger partial charge in [0.25, 0.3) is 11.6 Å². The Balaban J connectivity index is 1.82. The zero-order chi connectivity index (χ0) is 21.0. The van der Waals surface area contributed by atoms with Crippen LogP contribution in [0.1, 0.15) is 11.3 Å². The quantitative estimate of drug-likeness (QED) is 0.289. The lowest BCUT2D eigenvalue weighted by molar-refractivity contribution is -0.384. The molecule has 2 aromatic carbocycles. The summed E-state index contributed by atoms with van der Waals surface area (Å²) in [5.41, 5.74) is 1.43. The van der Waals surface area contributed by atoms with E-state index in [1.54, 1.807) is 31.2 Å². The van der Waals surface area contributed by atoms with Gasteiger partial charge in [0.1, 0.15) is 29.0 Å². The predicted molar refractivity (Wildman–Crippen MR) is 104 cm³/mol. The standard InChI is InChI=1S/C21H14FN3O4/c1-13-10-17(25(27)28)6-8-19(13)20-9-7-18(29-20)11-14(12-23)21(26)24-16-4-2-15(22)3-5-16/h2-11H,1H3,(H,24,26)/b14-11+. The van der Waals surface area contributed by atoms with Gasteiger partial charge < -0.3 is 9.73 Å². The van der Waals surface area contributed by atoms with Crippen LogP contribution in [0.5, 0.6) is 0 Å². The number of furan rings is 1. The molecule has 0 unspecified atom stereocenters. The lowest BCUT2D eigenvalue weighted by Gasteiger charge is -2.04. The highest BCUT2D eigenvalue weighted by Gasteiger charge is 2.14. The number of carbonyl (C=O) groups is 1. The molecule has 8 heteroatoms. The van der Waals surface area contributed by atoms with Crippen LogP contribution in [0.15, 0.2) is 64.6 Å². The van der Waals surface area contributed by atoms with Gasteiger partial charge in [-0.25, -0.2) is 4.39 Å². The smallest absolute Gasteiger partial charge is 0.269 e. The van der Waals surface area contributed by atoms with E-state index in [9.17, 15) is 24.6 Å². The molecule has 0 saturated carbocycles. The first-order valence-electron chi connectivity index (χ1n) is 8.41. The molecule has 0 spiro atoms. The van der Waals surface area contributed by atoms with Crippen LogP contribution in [0, 0.1) is 34.2 Å². The number of non-ortho nitro benzene ring substituents is 1. The Hall–Kier alpha value is -4.25. The van der Waals surface area contributed by atoms with E-state index in [-0.39, 0.29) is 17.0 Å². The minimum atomic E-state index is -0.663. The summed E-state index contributed by atoms with van der Waals surface area (Å²) >= 11 is 0. The highest BCUT2D eigenvalue weighted by molar-refractivity contribution is 6.09. The Morgan fingerprint density at radius 3 is 2.55 bits per heavy atom. The van der Waals surface area contributed by atoms with Gasteiger partial charge in [0.05, 0.1) is 4.92 Å². The topological polar surface area (TPSA) is 109 Å². The van der Waals surface area contributed by atoms with Gasteiger partial charge in [0.2, 0.25) is 0 Å². The van der Waals surface area contributed by atoms with Crippen molar-refractivity contribution in [3.8, 4) is 17.4 Å². The monoisotopic (exact) mass is 391 g/mol. The van der Waals surface area contributed by atoms with Crippen molar-refractivity contribution in [3.63, 3.8) is 0 Å². The number of nitrogens with one attached hydrogen (secondary N) is 1. The maximum Gasteiger partial charge on any atom is 0.269 e. The van der Waals surface area contributed by atoms with Gasteiger partial charge >= 0.3 is 0 Å². The number of nitro groups is 1. The molecule has 0 atom stereocenters. The molecule has 0 aliphatic carbocycles. The molecule has 0 saturated heterocycles. The maximum atomic E-state index is 12.9. The number of rotatable bonds is 5. The number of benzene rings is 2. The van der Waals surface area contributed by atoms with Crippen molar-refractivity contribution in [1.29, 1.82) is 5.26 Å². The molecular formula is C21H14FN3O4. The molecule has 0 aliphatic heterocycles. The SMILES string of the molecule is Cc1cc([N+](=O)[O-])ccc1-c1ccc(/C=C(\C#N)C(=O)Nc2ccc(F)cc2)o1. The minimum Gasteiger partial charge on any atom is -0.457 e. The predicted octanol–water partition coefficient (Wildman–Crippen LogP) is 4.85. The molecular weight excluding hydrogens is 377 g/mol. The fourth-order valence-corrected chi connectivity index (χ4v) is 2.64. The zero-order valence-electron chi connectivity index (χ0n) is 15.2. The third-order valence-electron chi connectivity index (χ3n) is 4.07. The molecule has 3 rings (SSSR count). The molecule has 144 valence electrons. The molecule has 1 heterocycles. The number of anilines is 1. The van der Waals surface area contributed by atoms with E-state index < -0.39 is 16.6 Å². The zero-order valence-corrected chi connectivity index (χ0v) is 15.2. The van der Waals surface area contributed by atoms with E-state index in [0.717, 1.165) is 0 Å². The maximum absolute atomic E-state index is 12.9. The molecule has 1 aromatic heterocycles. The lowest BCUT2D eigenvalue weighted by Crippen LogP contribution is -2.13. The summed E-state index contributed by atoms with van der Waals surface area (Å²) in [5.74, 6) is -0.393. The fraction of sp³-hybridized carbons (Fsp3) is 0.0476. The van der Waals surface area contributed by atoms with Gasteiger partial charge in [-0.05, 0) is 55.0 Å². The van der Waals surface area contributed by atoms with E-state index in [1.165, 1.54) is 42.5 Å². The summed E-state index contributed by atoms with van der Waals surface area (Å²) in [7, 11) is 0. The Morgan fingerprint density at radius 2 is 1.93 bits per heavy atom. The highest BCUT2D eigenvalue weighted by Crippen LogP contribution is 2.29. The lowest BCUT2D eigenvalue weighted by atomic mass is 10.1. The molecule has 1 amide bonds. The summed E-state index contributed by atoms with van der Waals surface area (Å²) in [5, 5.41) is 22.6. The third-order valence-corrected chi connectivity index (χ3v) is 4.07. The third kappa shape index (κ3) is 4.54. The molecule has 1 N–H and O–H groups in total. The number of hydrogen-bond donors (Lipinski definition) is 1. The van der Waals surface area contributed by atoms with Crippen molar-refractivity contribution in [2.45, 2.75) is 6.92 Å². The summed E-state index contributed by atoms with van der Waals surface area (Å²) in [6.07, 6.45) is 1.28. The highest BCUT2D eigenvalue weighted by atomic mass is 19.1. The van der Waals surface area contributed by atoms with Crippen molar-refractivity contribution in [1.82, 2.24) is 0 Å².